The van der Waals surface area contributed by atoms with E-state index in [0.29, 0.717) is 33.9 Å². The average Bonchev–Trinajstić information content (AvgIpc) is 2.83. The Morgan fingerprint density at radius 1 is 0.971 bits per heavy atom. The van der Waals surface area contributed by atoms with Crippen molar-refractivity contribution in [1.82, 2.24) is 5.32 Å². The minimum Gasteiger partial charge on any atom is -0.491 e. The number of halogens is 2. The maximum atomic E-state index is 13.1. The van der Waals surface area contributed by atoms with E-state index in [-0.39, 0.29) is 37.2 Å². The number of carbonyl (C=O) groups excluding carboxylic acids is 2. The van der Waals surface area contributed by atoms with Gasteiger partial charge in [-0.3, -0.25) is 4.79 Å². The molecule has 0 radical (unpaired) electrons. The van der Waals surface area contributed by atoms with E-state index in [2.05, 4.69) is 31.9 Å². The van der Waals surface area contributed by atoms with Crippen LogP contribution in [0.2, 0.25) is 5.02 Å². The van der Waals surface area contributed by atoms with Gasteiger partial charge in [-0.2, -0.15) is 0 Å². The fourth-order valence-electron chi connectivity index (χ4n) is 3.29. The third kappa shape index (κ3) is 7.19. The lowest BCUT2D eigenvalue weighted by atomic mass is 9.98. The number of nitrogens with one attached hydrogen (secondary N) is 3. The van der Waals surface area contributed by atoms with Gasteiger partial charge in [0.05, 0.1) is 29.6 Å². The lowest BCUT2D eigenvalue weighted by Crippen LogP contribution is -2.31. The highest BCUT2D eigenvalue weighted by molar-refractivity contribution is 9.10. The van der Waals surface area contributed by atoms with Crippen LogP contribution in [-0.4, -0.2) is 48.4 Å². The monoisotopic (exact) mass is 561 g/mol. The van der Waals surface area contributed by atoms with E-state index in [1.807, 2.05) is 13.0 Å². The topological polar surface area (TPSA) is 120 Å². The number of hydrogen-bond donors (Lipinski definition) is 5. The molecule has 5 N–H and O–H groups in total. The Labute approximate surface area is 216 Å². The fraction of sp³-hybridized carbons (Fsp3) is 0.200. The minimum atomic E-state index is -0.456. The highest BCUT2D eigenvalue weighted by Crippen LogP contribution is 2.31. The van der Waals surface area contributed by atoms with Crippen molar-refractivity contribution in [3.8, 4) is 5.75 Å². The van der Waals surface area contributed by atoms with Crippen LogP contribution in [-0.2, 0) is 0 Å². The van der Waals surface area contributed by atoms with E-state index in [4.69, 9.17) is 26.6 Å². The van der Waals surface area contributed by atoms with Crippen LogP contribution in [0.3, 0.4) is 0 Å². The molecule has 0 saturated heterocycles. The molecule has 0 aliphatic rings. The molecule has 0 saturated carbocycles. The zero-order valence-corrected chi connectivity index (χ0v) is 21.2. The highest BCUT2D eigenvalue weighted by Gasteiger charge is 2.17. The quantitative estimate of drug-likeness (QED) is 0.225. The molecule has 184 valence electrons. The summed E-state index contributed by atoms with van der Waals surface area (Å²) >= 11 is 9.86. The number of aryl methyl sites for hydroxylation is 1. The van der Waals surface area contributed by atoms with E-state index in [9.17, 15) is 9.59 Å². The Bertz CT molecular complexity index is 1220. The van der Waals surface area contributed by atoms with E-state index in [1.165, 1.54) is 0 Å². The maximum absolute atomic E-state index is 13.1. The molecule has 0 aliphatic heterocycles. The van der Waals surface area contributed by atoms with Crippen LogP contribution < -0.4 is 20.7 Å². The van der Waals surface area contributed by atoms with Gasteiger partial charge >= 0.3 is 6.03 Å². The molecule has 0 heterocycles. The molecule has 3 aromatic carbocycles. The normalized spacial score (nSPS) is 10.5. The van der Waals surface area contributed by atoms with Crippen LogP contribution in [0.4, 0.5) is 21.9 Å². The van der Waals surface area contributed by atoms with Crippen molar-refractivity contribution < 1.29 is 24.5 Å². The second-order valence-corrected chi connectivity index (χ2v) is 8.81. The van der Waals surface area contributed by atoms with Gasteiger partial charge in [-0.25, -0.2) is 4.79 Å². The number of aliphatic hydroxyl groups excluding tert-OH is 2. The molecular weight excluding hydrogens is 538 g/mol. The lowest BCUT2D eigenvalue weighted by Gasteiger charge is -2.15. The van der Waals surface area contributed by atoms with Gasteiger partial charge in [0.15, 0.2) is 5.78 Å². The first kappa shape index (κ1) is 26.5. The van der Waals surface area contributed by atoms with E-state index in [1.54, 1.807) is 48.5 Å². The van der Waals surface area contributed by atoms with Crippen molar-refractivity contribution in [2.75, 3.05) is 37.0 Å². The van der Waals surface area contributed by atoms with Crippen molar-refractivity contribution in [1.29, 1.82) is 0 Å². The summed E-state index contributed by atoms with van der Waals surface area (Å²) in [5.74, 6) is 0.349. The molecule has 3 rings (SSSR count). The number of carbonyl (C=O) groups is 2. The molecule has 0 aromatic heterocycles. The minimum absolute atomic E-state index is 0.0928. The molecule has 2 amide bonds. The number of ketones is 1. The number of amides is 2. The summed E-state index contributed by atoms with van der Waals surface area (Å²) in [6.07, 6.45) is 0. The Balaban J connectivity index is 1.79. The average molecular weight is 563 g/mol. The Morgan fingerprint density at radius 3 is 2.43 bits per heavy atom. The molecule has 0 atom stereocenters. The van der Waals surface area contributed by atoms with Crippen molar-refractivity contribution in [2.24, 2.45) is 0 Å². The summed E-state index contributed by atoms with van der Waals surface area (Å²) in [6.45, 7) is 1.86. The number of urea groups is 1. The van der Waals surface area contributed by atoms with Gasteiger partial charge in [0.1, 0.15) is 12.4 Å². The van der Waals surface area contributed by atoms with E-state index in [0.717, 1.165) is 10.0 Å². The van der Waals surface area contributed by atoms with Crippen molar-refractivity contribution >= 4 is 56.4 Å². The SMILES string of the molecule is Cc1cc(OCCO)ccc1C(=O)c1ccc(Nc2ccc(Br)cc2NC(=O)NCCO)cc1Cl. The van der Waals surface area contributed by atoms with Crippen LogP contribution in [0.25, 0.3) is 0 Å². The summed E-state index contributed by atoms with van der Waals surface area (Å²) in [6, 6.07) is 15.0. The second kappa shape index (κ2) is 12.6. The molecule has 0 aliphatic carbocycles. The van der Waals surface area contributed by atoms with Gasteiger partial charge in [0, 0.05) is 27.8 Å². The van der Waals surface area contributed by atoms with Gasteiger partial charge in [-0.15, -0.1) is 0 Å². The van der Waals surface area contributed by atoms with Gasteiger partial charge < -0.3 is 30.9 Å². The summed E-state index contributed by atoms with van der Waals surface area (Å²) in [7, 11) is 0. The lowest BCUT2D eigenvalue weighted by molar-refractivity contribution is 0.103. The zero-order valence-electron chi connectivity index (χ0n) is 18.9. The van der Waals surface area contributed by atoms with Crippen molar-refractivity contribution in [3.05, 3.63) is 80.8 Å². The second-order valence-electron chi connectivity index (χ2n) is 7.49. The first-order chi connectivity index (χ1) is 16.8. The molecular formula is C25H25BrClN3O5. The molecule has 0 unspecified atom stereocenters. The molecule has 0 bridgehead atoms. The smallest absolute Gasteiger partial charge is 0.319 e. The predicted molar refractivity (Wildman–Crippen MR) is 140 cm³/mol. The largest absolute Gasteiger partial charge is 0.491 e. The van der Waals surface area contributed by atoms with Crippen LogP contribution in [0.15, 0.2) is 59.1 Å². The molecule has 0 fully saturated rings. The van der Waals surface area contributed by atoms with Crippen LogP contribution in [0, 0.1) is 6.92 Å². The number of anilines is 3. The number of benzene rings is 3. The van der Waals surface area contributed by atoms with Gasteiger partial charge in [-0.1, -0.05) is 27.5 Å². The summed E-state index contributed by atoms with van der Waals surface area (Å²) in [5.41, 5.74) is 3.31. The van der Waals surface area contributed by atoms with Crippen molar-refractivity contribution in [2.45, 2.75) is 6.92 Å². The number of rotatable bonds is 10. The van der Waals surface area contributed by atoms with Gasteiger partial charge in [-0.05, 0) is 67.1 Å². The maximum Gasteiger partial charge on any atom is 0.319 e. The fourth-order valence-corrected chi connectivity index (χ4v) is 3.91. The van der Waals surface area contributed by atoms with Crippen LogP contribution in [0.5, 0.6) is 5.75 Å². The number of ether oxygens (including phenoxy) is 1. The third-order valence-electron chi connectivity index (χ3n) is 4.92. The number of hydrogen-bond acceptors (Lipinski definition) is 6. The summed E-state index contributed by atoms with van der Waals surface area (Å²) in [4.78, 5) is 25.2. The summed E-state index contributed by atoms with van der Waals surface area (Å²) in [5, 5.41) is 26.5. The summed E-state index contributed by atoms with van der Waals surface area (Å²) < 4.78 is 6.16. The van der Waals surface area contributed by atoms with Crippen LogP contribution >= 0.6 is 27.5 Å². The highest BCUT2D eigenvalue weighted by atomic mass is 79.9. The van der Waals surface area contributed by atoms with Gasteiger partial charge in [0.25, 0.3) is 0 Å². The molecule has 8 nitrogen and oxygen atoms in total. The standard InChI is InChI=1S/C25H25BrClN3O5/c1-15-12-18(35-11-10-32)4-6-19(15)24(33)20-5-3-17(14-21(20)27)29-22-7-2-16(26)13-23(22)30-25(34)28-8-9-31/h2-7,12-14,29,31-32H,8-11H2,1H3,(H2,28,30,34). The Morgan fingerprint density at radius 2 is 1.74 bits per heavy atom. The Kier molecular flexibility index (Phi) is 9.50. The predicted octanol–water partition coefficient (Wildman–Crippen LogP) is 4.87. The van der Waals surface area contributed by atoms with E-state index >= 15 is 0 Å². The number of aliphatic hydroxyl groups is 2. The third-order valence-corrected chi connectivity index (χ3v) is 5.73. The molecule has 0 spiro atoms. The first-order valence-corrected chi connectivity index (χ1v) is 11.9. The van der Waals surface area contributed by atoms with Crippen molar-refractivity contribution in [3.63, 3.8) is 0 Å². The Hall–Kier alpha value is -3.11. The molecule has 3 aromatic rings. The van der Waals surface area contributed by atoms with Gasteiger partial charge in [0.2, 0.25) is 0 Å². The zero-order chi connectivity index (χ0) is 25.4. The van der Waals surface area contributed by atoms with E-state index < -0.39 is 6.03 Å². The van der Waals surface area contributed by atoms with Crippen LogP contribution in [0.1, 0.15) is 21.5 Å². The molecule has 10 heteroatoms. The molecule has 35 heavy (non-hydrogen) atoms. The first-order valence-electron chi connectivity index (χ1n) is 10.7.